The highest BCUT2D eigenvalue weighted by atomic mass is 35.5. The molecule has 0 radical (unpaired) electrons. The number of ether oxygens (including phenoxy) is 4. The second kappa shape index (κ2) is 14.4. The molecule has 12 nitrogen and oxygen atoms in total. The first-order chi connectivity index (χ1) is 25.5. The Morgan fingerprint density at radius 1 is 1.13 bits per heavy atom. The van der Waals surface area contributed by atoms with Gasteiger partial charge < -0.3 is 23.8 Å². The zero-order chi connectivity index (χ0) is 36.9. The number of fused-ring (bicyclic) bond motifs is 5. The van der Waals surface area contributed by atoms with Crippen LogP contribution in [0.3, 0.4) is 0 Å². The maximum absolute atomic E-state index is 14.9. The van der Waals surface area contributed by atoms with Crippen LogP contribution in [0.5, 0.6) is 11.6 Å². The number of allylic oxidation sites excluding steroid dienone is 1. The number of benzene rings is 2. The van der Waals surface area contributed by atoms with Gasteiger partial charge in [0.1, 0.15) is 27.3 Å². The van der Waals surface area contributed by atoms with Crippen LogP contribution in [0.4, 0.5) is 5.69 Å². The van der Waals surface area contributed by atoms with Gasteiger partial charge in [-0.1, -0.05) is 36.7 Å². The van der Waals surface area contributed by atoms with Crippen LogP contribution in [0, 0.1) is 17.8 Å². The molecule has 2 amide bonds. The summed E-state index contributed by atoms with van der Waals surface area (Å²) in [5.74, 6) is -0.496. The van der Waals surface area contributed by atoms with E-state index in [0.29, 0.717) is 44.0 Å². The molecule has 1 unspecified atom stereocenters. The molecule has 4 heterocycles. The SMILES string of the molecule is COc1nn(C)cc1C(=O)NS1(=O)=NC(=O)c2ccc3c(c2)N(C[C@@H]2CC[C@H]2/C=C/[C@@H]2OCCO[C@@H]2[C@H](C)C1)C[C@@]1(CCCc2cc(Cl)ccc21)CO3. The highest BCUT2D eigenvalue weighted by Crippen LogP contribution is 2.46. The van der Waals surface area contributed by atoms with Crippen molar-refractivity contribution >= 4 is 39.0 Å². The van der Waals surface area contributed by atoms with Crippen LogP contribution >= 0.6 is 11.6 Å². The van der Waals surface area contributed by atoms with Crippen molar-refractivity contribution in [3.8, 4) is 11.6 Å². The molecule has 2 aliphatic carbocycles. The summed E-state index contributed by atoms with van der Waals surface area (Å²) in [6, 6.07) is 11.5. The Morgan fingerprint density at radius 3 is 2.79 bits per heavy atom. The molecule has 1 saturated heterocycles. The number of nitrogens with zero attached hydrogens (tertiary/aromatic N) is 4. The van der Waals surface area contributed by atoms with Gasteiger partial charge in [-0.05, 0) is 91.3 Å². The third kappa shape index (κ3) is 7.08. The van der Waals surface area contributed by atoms with Gasteiger partial charge in [0.2, 0.25) is 5.88 Å². The van der Waals surface area contributed by atoms with Gasteiger partial charge in [0.15, 0.2) is 0 Å². The van der Waals surface area contributed by atoms with Gasteiger partial charge in [-0.25, -0.2) is 4.21 Å². The second-order valence-corrected chi connectivity index (χ2v) is 17.6. The molecule has 2 fully saturated rings. The molecule has 53 heavy (non-hydrogen) atoms. The van der Waals surface area contributed by atoms with Gasteiger partial charge in [0.05, 0.1) is 44.5 Å². The number of aromatic nitrogens is 2. The maximum atomic E-state index is 14.9. The molecule has 1 aromatic heterocycles. The standard InChI is InChI=1S/C39H46ClN5O7S/c1-24-21-53(48,43-37(47)30-20-44(2)41-38(30)49-3)42-36(46)27-9-12-33-32(18-27)45(19-28-7-6-25(28)8-13-34-35(24)51-16-15-50-34)22-39(23-52-33)14-4-5-26-17-29(40)10-11-31(26)39/h8-13,17-18,20,24-25,28,34-35H,4-7,14-16,19,21-23H2,1-3H3,(H,42,43,46,47,48)/b13-8+/t24-,25+,28+,34+,35-,39+,53?/m1/s1. The van der Waals surface area contributed by atoms with Crippen LogP contribution in [0.25, 0.3) is 0 Å². The lowest BCUT2D eigenvalue weighted by molar-refractivity contribution is -0.136. The van der Waals surface area contributed by atoms with E-state index in [1.165, 1.54) is 29.1 Å². The molecule has 1 saturated carbocycles. The van der Waals surface area contributed by atoms with Crippen molar-refractivity contribution in [2.45, 2.75) is 56.7 Å². The summed E-state index contributed by atoms with van der Waals surface area (Å²) in [6.07, 6.45) is 10.1. The zero-order valence-electron chi connectivity index (χ0n) is 30.3. The maximum Gasteiger partial charge on any atom is 0.286 e. The van der Waals surface area contributed by atoms with Crippen LogP contribution in [0.2, 0.25) is 5.02 Å². The summed E-state index contributed by atoms with van der Waals surface area (Å²) in [4.78, 5) is 30.2. The van der Waals surface area contributed by atoms with Crippen molar-refractivity contribution in [3.05, 3.63) is 82.0 Å². The Bertz CT molecular complexity index is 2080. The average Bonchev–Trinajstić information content (AvgIpc) is 3.45. The first-order valence-corrected chi connectivity index (χ1v) is 20.5. The van der Waals surface area contributed by atoms with Crippen LogP contribution in [-0.4, -0.2) is 83.8 Å². The van der Waals surface area contributed by atoms with Crippen LogP contribution < -0.4 is 19.1 Å². The molecular weight excluding hydrogens is 718 g/mol. The highest BCUT2D eigenvalue weighted by molar-refractivity contribution is 7.92. The number of methoxy groups -OCH3 is 1. The number of hydrogen-bond donors (Lipinski definition) is 1. The largest absolute Gasteiger partial charge is 0.490 e. The number of hydrogen-bond acceptors (Lipinski definition) is 9. The Hall–Kier alpha value is -3.91. The van der Waals surface area contributed by atoms with E-state index < -0.39 is 33.8 Å². The third-order valence-electron chi connectivity index (χ3n) is 11.6. The topological polar surface area (TPSA) is 134 Å². The molecule has 7 atom stereocenters. The van der Waals surface area contributed by atoms with Crippen LogP contribution in [-0.2, 0) is 38.3 Å². The lowest BCUT2D eigenvalue weighted by Crippen LogP contribution is -2.48. The summed E-state index contributed by atoms with van der Waals surface area (Å²) < 4.78 is 47.6. The molecule has 5 aliphatic rings. The number of halogens is 1. The molecule has 2 bridgehead atoms. The number of rotatable bonds is 3. The number of anilines is 1. The molecule has 3 aromatic rings. The van der Waals surface area contributed by atoms with E-state index in [2.05, 4.69) is 43.4 Å². The van der Waals surface area contributed by atoms with E-state index in [0.717, 1.165) is 49.4 Å². The number of amides is 2. The fourth-order valence-electron chi connectivity index (χ4n) is 8.78. The number of aryl methyl sites for hydroxylation is 2. The Morgan fingerprint density at radius 2 is 1.98 bits per heavy atom. The van der Waals surface area contributed by atoms with E-state index in [4.69, 9.17) is 30.5 Å². The molecule has 282 valence electrons. The van der Waals surface area contributed by atoms with Crippen molar-refractivity contribution in [1.29, 1.82) is 0 Å². The van der Waals surface area contributed by atoms with E-state index in [1.807, 2.05) is 25.1 Å². The minimum atomic E-state index is -3.72. The summed E-state index contributed by atoms with van der Waals surface area (Å²) in [6.45, 7) is 4.67. The van der Waals surface area contributed by atoms with Gasteiger partial charge in [-0.3, -0.25) is 19.0 Å². The van der Waals surface area contributed by atoms with Crippen molar-refractivity contribution in [3.63, 3.8) is 0 Å². The van der Waals surface area contributed by atoms with Crippen LogP contribution in [0.15, 0.2) is 59.1 Å². The average molecular weight is 764 g/mol. The van der Waals surface area contributed by atoms with E-state index in [-0.39, 0.29) is 34.3 Å². The molecular formula is C39H46ClN5O7S. The first kappa shape index (κ1) is 36.1. The van der Waals surface area contributed by atoms with Crippen LogP contribution in [0.1, 0.15) is 64.4 Å². The quantitative estimate of drug-likeness (QED) is 0.342. The van der Waals surface area contributed by atoms with Gasteiger partial charge >= 0.3 is 0 Å². The smallest absolute Gasteiger partial charge is 0.286 e. The molecule has 1 spiro atoms. The minimum absolute atomic E-state index is 0.0661. The fraction of sp³-hybridized carbons (Fsp3) is 0.513. The van der Waals surface area contributed by atoms with E-state index >= 15 is 0 Å². The lowest BCUT2D eigenvalue weighted by Gasteiger charge is -2.44. The molecule has 8 rings (SSSR count). The molecule has 14 heteroatoms. The van der Waals surface area contributed by atoms with Gasteiger partial charge in [-0.2, -0.15) is 0 Å². The number of carbonyl (C=O) groups excluding carboxylic acids is 2. The highest BCUT2D eigenvalue weighted by Gasteiger charge is 2.44. The lowest BCUT2D eigenvalue weighted by atomic mass is 9.69. The molecule has 3 aliphatic heterocycles. The molecule has 2 aromatic carbocycles. The molecule has 1 N–H and O–H groups in total. The predicted molar refractivity (Wildman–Crippen MR) is 201 cm³/mol. The fourth-order valence-corrected chi connectivity index (χ4v) is 10.9. The Kier molecular flexibility index (Phi) is 9.80. The third-order valence-corrected chi connectivity index (χ3v) is 13.7. The minimum Gasteiger partial charge on any atom is -0.490 e. The van der Waals surface area contributed by atoms with Gasteiger partial charge in [-0.15, -0.1) is 9.46 Å². The summed E-state index contributed by atoms with van der Waals surface area (Å²) in [7, 11) is -0.670. The van der Waals surface area contributed by atoms with E-state index in [1.54, 1.807) is 13.1 Å². The summed E-state index contributed by atoms with van der Waals surface area (Å²) in [5.41, 5.74) is 3.38. The predicted octanol–water partition coefficient (Wildman–Crippen LogP) is 5.52. The number of carbonyl (C=O) groups is 2. The Balaban J connectivity index is 1.22. The van der Waals surface area contributed by atoms with Gasteiger partial charge in [0.25, 0.3) is 11.8 Å². The summed E-state index contributed by atoms with van der Waals surface area (Å²) in [5, 5.41) is 4.90. The second-order valence-electron chi connectivity index (χ2n) is 15.2. The van der Waals surface area contributed by atoms with E-state index in [9.17, 15) is 13.8 Å². The summed E-state index contributed by atoms with van der Waals surface area (Å²) >= 11 is 6.46. The van der Waals surface area contributed by atoms with Gasteiger partial charge in [0, 0.05) is 42.3 Å². The zero-order valence-corrected chi connectivity index (χ0v) is 31.9. The van der Waals surface area contributed by atoms with Crippen molar-refractivity contribution in [2.75, 3.05) is 50.7 Å². The number of nitrogens with one attached hydrogen (secondary N) is 1. The first-order valence-electron chi connectivity index (χ1n) is 18.4. The van der Waals surface area contributed by atoms with Crippen molar-refractivity contribution < 1.29 is 32.7 Å². The van der Waals surface area contributed by atoms with Crippen molar-refractivity contribution in [2.24, 2.45) is 29.2 Å². The Labute approximate surface area is 315 Å². The monoisotopic (exact) mass is 763 g/mol. The normalized spacial score (nSPS) is 31.7. The van der Waals surface area contributed by atoms with Crippen molar-refractivity contribution in [1.82, 2.24) is 14.5 Å².